The van der Waals surface area contributed by atoms with Crippen molar-refractivity contribution in [2.75, 3.05) is 38.3 Å². The molecule has 0 aromatic heterocycles. The van der Waals surface area contributed by atoms with Crippen LogP contribution < -0.4 is 4.90 Å². The molecule has 4 nitrogen and oxygen atoms in total. The van der Waals surface area contributed by atoms with Crippen LogP contribution in [0.25, 0.3) is 0 Å². The minimum absolute atomic E-state index is 0.0496. The molecule has 4 heteroatoms. The van der Waals surface area contributed by atoms with E-state index in [1.165, 1.54) is 12.8 Å². The summed E-state index contributed by atoms with van der Waals surface area (Å²) in [7, 11) is 1.77. The second kappa shape index (κ2) is 7.25. The molecular formula is C18H26N2O2. The number of hydrogen-bond donors (Lipinski definition) is 0. The highest BCUT2D eigenvalue weighted by atomic mass is 16.5. The minimum Gasteiger partial charge on any atom is -0.384 e. The molecule has 2 fully saturated rings. The summed E-state index contributed by atoms with van der Waals surface area (Å²) in [5, 5.41) is 0. The lowest BCUT2D eigenvalue weighted by Gasteiger charge is -2.42. The first kappa shape index (κ1) is 15.5. The zero-order valence-corrected chi connectivity index (χ0v) is 13.4. The van der Waals surface area contributed by atoms with Crippen LogP contribution in [0, 0.1) is 5.92 Å². The molecule has 2 atom stereocenters. The fourth-order valence-corrected chi connectivity index (χ4v) is 3.81. The predicted octanol–water partition coefficient (Wildman–Crippen LogP) is 2.54. The van der Waals surface area contributed by atoms with E-state index in [2.05, 4.69) is 4.90 Å². The number of anilines is 1. The van der Waals surface area contributed by atoms with E-state index >= 15 is 0 Å². The van der Waals surface area contributed by atoms with Crippen molar-refractivity contribution in [2.24, 2.45) is 5.92 Å². The van der Waals surface area contributed by atoms with Gasteiger partial charge in [-0.2, -0.15) is 0 Å². The molecule has 0 saturated carbocycles. The maximum Gasteiger partial charge on any atom is 0.244 e. The molecule has 2 heterocycles. The summed E-state index contributed by atoms with van der Waals surface area (Å²) >= 11 is 0. The Bertz CT molecular complexity index is 489. The number of likely N-dealkylation sites (tertiary alicyclic amines) is 1. The van der Waals surface area contributed by atoms with E-state index in [9.17, 15) is 4.79 Å². The third-order valence-corrected chi connectivity index (χ3v) is 4.87. The number of ether oxygens (including phenoxy) is 1. The Morgan fingerprint density at radius 1 is 1.14 bits per heavy atom. The van der Waals surface area contributed by atoms with Gasteiger partial charge in [-0.05, 0) is 50.3 Å². The molecule has 1 aromatic carbocycles. The molecule has 0 bridgehead atoms. The predicted molar refractivity (Wildman–Crippen MR) is 88.0 cm³/mol. The lowest BCUT2D eigenvalue weighted by atomic mass is 9.94. The Morgan fingerprint density at radius 3 is 2.68 bits per heavy atom. The summed E-state index contributed by atoms with van der Waals surface area (Å²) in [6.45, 7) is 3.68. The Balaban J connectivity index is 1.70. The first-order valence-electron chi connectivity index (χ1n) is 8.39. The van der Waals surface area contributed by atoms with E-state index < -0.39 is 0 Å². The summed E-state index contributed by atoms with van der Waals surface area (Å²) in [5.74, 6) is 0.842. The molecule has 1 aromatic rings. The lowest BCUT2D eigenvalue weighted by Crippen LogP contribution is -2.55. The lowest BCUT2D eigenvalue weighted by molar-refractivity contribution is -0.126. The number of piperidine rings is 2. The van der Waals surface area contributed by atoms with Crippen molar-refractivity contribution in [3.8, 4) is 0 Å². The summed E-state index contributed by atoms with van der Waals surface area (Å²) in [6.07, 6.45) is 4.45. The molecule has 0 N–H and O–H groups in total. The van der Waals surface area contributed by atoms with Crippen LogP contribution in [0.5, 0.6) is 0 Å². The molecule has 0 radical (unpaired) electrons. The molecular weight excluding hydrogens is 276 g/mol. The van der Waals surface area contributed by atoms with E-state index in [1.54, 1.807) is 7.11 Å². The second-order valence-corrected chi connectivity index (χ2v) is 6.44. The van der Waals surface area contributed by atoms with Crippen LogP contribution in [-0.4, -0.2) is 50.2 Å². The van der Waals surface area contributed by atoms with Crippen molar-refractivity contribution < 1.29 is 9.53 Å². The van der Waals surface area contributed by atoms with E-state index in [-0.39, 0.29) is 11.9 Å². The van der Waals surface area contributed by atoms with E-state index in [0.717, 1.165) is 44.8 Å². The van der Waals surface area contributed by atoms with Crippen LogP contribution >= 0.6 is 0 Å². The van der Waals surface area contributed by atoms with Gasteiger partial charge in [0.15, 0.2) is 0 Å². The number of methoxy groups -OCH3 is 1. The van der Waals surface area contributed by atoms with Gasteiger partial charge in [0, 0.05) is 25.9 Å². The topological polar surface area (TPSA) is 32.8 Å². The van der Waals surface area contributed by atoms with E-state index in [4.69, 9.17) is 4.74 Å². The van der Waals surface area contributed by atoms with Gasteiger partial charge in [0.1, 0.15) is 0 Å². The number of nitrogens with zero attached hydrogens (tertiary/aromatic N) is 2. The number of rotatable bonds is 4. The molecule has 2 saturated heterocycles. The average Bonchev–Trinajstić information content (AvgIpc) is 2.56. The van der Waals surface area contributed by atoms with Crippen molar-refractivity contribution in [2.45, 2.75) is 31.7 Å². The van der Waals surface area contributed by atoms with Gasteiger partial charge in [-0.25, -0.2) is 0 Å². The summed E-state index contributed by atoms with van der Waals surface area (Å²) < 4.78 is 5.31. The number of amides is 1. The molecule has 120 valence electrons. The number of carbonyl (C=O) groups is 1. The minimum atomic E-state index is 0.0496. The normalized spacial score (nSPS) is 27.1. The van der Waals surface area contributed by atoms with Crippen molar-refractivity contribution in [1.29, 1.82) is 0 Å². The van der Waals surface area contributed by atoms with Gasteiger partial charge >= 0.3 is 0 Å². The van der Waals surface area contributed by atoms with Crippen LogP contribution in [0.2, 0.25) is 0 Å². The third kappa shape index (κ3) is 3.33. The number of benzene rings is 1. The van der Waals surface area contributed by atoms with Gasteiger partial charge in [0.25, 0.3) is 0 Å². The average molecular weight is 302 g/mol. The Morgan fingerprint density at radius 2 is 1.91 bits per heavy atom. The summed E-state index contributed by atoms with van der Waals surface area (Å²) in [5.41, 5.74) is 1.03. The van der Waals surface area contributed by atoms with Crippen molar-refractivity contribution in [1.82, 2.24) is 4.90 Å². The Hall–Kier alpha value is -1.39. The molecule has 2 aliphatic heterocycles. The van der Waals surface area contributed by atoms with Gasteiger partial charge in [0.05, 0.1) is 12.6 Å². The molecule has 0 spiro atoms. The van der Waals surface area contributed by atoms with E-state index in [0.29, 0.717) is 5.92 Å². The third-order valence-electron chi connectivity index (χ3n) is 4.87. The highest BCUT2D eigenvalue weighted by Gasteiger charge is 2.35. The van der Waals surface area contributed by atoms with Crippen LogP contribution in [0.3, 0.4) is 0 Å². The maximum atomic E-state index is 12.9. The molecule has 2 aliphatic rings. The second-order valence-electron chi connectivity index (χ2n) is 6.44. The van der Waals surface area contributed by atoms with Gasteiger partial charge < -0.3 is 9.64 Å². The molecule has 3 rings (SSSR count). The highest BCUT2D eigenvalue weighted by Crippen LogP contribution is 2.27. The smallest absolute Gasteiger partial charge is 0.244 e. The maximum absolute atomic E-state index is 12.9. The Kier molecular flexibility index (Phi) is 5.11. The van der Waals surface area contributed by atoms with Gasteiger partial charge in [-0.1, -0.05) is 18.2 Å². The van der Waals surface area contributed by atoms with Crippen LogP contribution in [-0.2, 0) is 9.53 Å². The zero-order valence-electron chi connectivity index (χ0n) is 13.4. The standard InChI is InChI=1S/C18H26N2O2/c1-22-14-15-7-5-11-19(13-15)17-10-6-12-20(18(17)21)16-8-3-2-4-9-16/h2-4,8-9,15,17H,5-7,10-14H2,1H3. The van der Waals surface area contributed by atoms with Crippen molar-refractivity contribution in [3.63, 3.8) is 0 Å². The monoisotopic (exact) mass is 302 g/mol. The fraction of sp³-hybridized carbons (Fsp3) is 0.611. The summed E-state index contributed by atoms with van der Waals surface area (Å²) in [6, 6.07) is 10.1. The summed E-state index contributed by atoms with van der Waals surface area (Å²) in [4.78, 5) is 17.3. The first-order valence-corrected chi connectivity index (χ1v) is 8.39. The highest BCUT2D eigenvalue weighted by molar-refractivity contribution is 5.97. The van der Waals surface area contributed by atoms with Crippen molar-refractivity contribution in [3.05, 3.63) is 30.3 Å². The number of hydrogen-bond acceptors (Lipinski definition) is 3. The SMILES string of the molecule is COCC1CCCN(C2CCCN(c3ccccc3)C2=O)C1. The molecule has 2 unspecified atom stereocenters. The zero-order chi connectivity index (χ0) is 15.4. The number of carbonyl (C=O) groups excluding carboxylic acids is 1. The fourth-order valence-electron chi connectivity index (χ4n) is 3.81. The van der Waals surface area contributed by atoms with Crippen LogP contribution in [0.4, 0.5) is 5.69 Å². The van der Waals surface area contributed by atoms with Crippen molar-refractivity contribution >= 4 is 11.6 Å². The number of para-hydroxylation sites is 1. The molecule has 1 amide bonds. The quantitative estimate of drug-likeness (QED) is 0.857. The molecule has 0 aliphatic carbocycles. The Labute approximate surface area is 133 Å². The van der Waals surface area contributed by atoms with E-state index in [1.807, 2.05) is 35.2 Å². The largest absolute Gasteiger partial charge is 0.384 e. The van der Waals surface area contributed by atoms with Gasteiger partial charge in [-0.15, -0.1) is 0 Å². The first-order chi connectivity index (χ1) is 10.8. The van der Waals surface area contributed by atoms with Gasteiger partial charge in [-0.3, -0.25) is 9.69 Å². The van der Waals surface area contributed by atoms with Crippen LogP contribution in [0.1, 0.15) is 25.7 Å². The van der Waals surface area contributed by atoms with Crippen LogP contribution in [0.15, 0.2) is 30.3 Å². The van der Waals surface area contributed by atoms with Gasteiger partial charge in [0.2, 0.25) is 5.91 Å². The molecule has 22 heavy (non-hydrogen) atoms.